The van der Waals surface area contributed by atoms with Gasteiger partial charge in [0.15, 0.2) is 5.96 Å². The van der Waals surface area contributed by atoms with Crippen molar-refractivity contribution in [2.75, 3.05) is 33.3 Å². The van der Waals surface area contributed by atoms with Gasteiger partial charge in [0.2, 0.25) is 0 Å². The Hall–Kier alpha value is -3.23. The van der Waals surface area contributed by atoms with Crippen LogP contribution in [0.25, 0.3) is 0 Å². The summed E-state index contributed by atoms with van der Waals surface area (Å²) in [5.41, 5.74) is 0.771. The third-order valence-electron chi connectivity index (χ3n) is 4.28. The first kappa shape index (κ1) is 24.0. The lowest BCUT2D eigenvalue weighted by Gasteiger charge is -2.15. The molecule has 0 radical (unpaired) electrons. The van der Waals surface area contributed by atoms with Gasteiger partial charge < -0.3 is 20.7 Å². The summed E-state index contributed by atoms with van der Waals surface area (Å²) in [7, 11) is 1.58. The van der Waals surface area contributed by atoms with Crippen molar-refractivity contribution in [3.05, 3.63) is 65.2 Å². The van der Waals surface area contributed by atoms with E-state index in [9.17, 15) is 18.0 Å². The van der Waals surface area contributed by atoms with Gasteiger partial charge in [-0.2, -0.15) is 13.2 Å². The summed E-state index contributed by atoms with van der Waals surface area (Å²) in [6, 6.07) is 12.4. The number of halogens is 3. The Morgan fingerprint density at radius 3 is 2.58 bits per heavy atom. The van der Waals surface area contributed by atoms with Gasteiger partial charge >= 0.3 is 6.18 Å². The molecule has 0 aliphatic heterocycles. The Morgan fingerprint density at radius 1 is 1.10 bits per heavy atom. The lowest BCUT2D eigenvalue weighted by atomic mass is 10.1. The van der Waals surface area contributed by atoms with E-state index in [0.717, 1.165) is 11.6 Å². The molecule has 0 saturated carbocycles. The molecule has 0 aromatic heterocycles. The van der Waals surface area contributed by atoms with Crippen LogP contribution < -0.4 is 20.7 Å². The van der Waals surface area contributed by atoms with Gasteiger partial charge in [0, 0.05) is 25.7 Å². The zero-order valence-electron chi connectivity index (χ0n) is 17.6. The Morgan fingerprint density at radius 2 is 1.87 bits per heavy atom. The minimum absolute atomic E-state index is 0.0473. The molecule has 0 unspecified atom stereocenters. The van der Waals surface area contributed by atoms with Crippen molar-refractivity contribution < 1.29 is 22.7 Å². The number of alkyl halides is 3. The van der Waals surface area contributed by atoms with Crippen LogP contribution in [0, 0.1) is 0 Å². The summed E-state index contributed by atoms with van der Waals surface area (Å²) in [4.78, 5) is 16.2. The Kier molecular flexibility index (Phi) is 9.17. The topological polar surface area (TPSA) is 74.8 Å². The van der Waals surface area contributed by atoms with Crippen molar-refractivity contribution in [2.45, 2.75) is 19.5 Å². The number of amides is 1. The van der Waals surface area contributed by atoms with Crippen LogP contribution in [0.5, 0.6) is 5.75 Å². The number of carbonyl (C=O) groups is 1. The van der Waals surface area contributed by atoms with Crippen molar-refractivity contribution >= 4 is 11.9 Å². The van der Waals surface area contributed by atoms with Crippen molar-refractivity contribution in [3.63, 3.8) is 0 Å². The second-order valence-corrected chi connectivity index (χ2v) is 6.56. The summed E-state index contributed by atoms with van der Waals surface area (Å²) in [5.74, 6) is 0.194. The minimum Gasteiger partial charge on any atom is -0.491 e. The number of benzene rings is 2. The average molecular weight is 436 g/mol. The Labute approximate surface area is 179 Å². The maximum Gasteiger partial charge on any atom is 0.419 e. The zero-order chi connectivity index (χ0) is 22.7. The van der Waals surface area contributed by atoms with Crippen molar-refractivity contribution in [3.8, 4) is 5.75 Å². The SMILES string of the molecule is CCNC(=NCCc1cccc(C(=O)NC)c1)NCCOc1ccccc1C(F)(F)F. The fraction of sp³-hybridized carbons (Fsp3) is 0.364. The monoisotopic (exact) mass is 436 g/mol. The summed E-state index contributed by atoms with van der Waals surface area (Å²) in [6.45, 7) is 3.36. The van der Waals surface area contributed by atoms with Crippen LogP contribution in [-0.4, -0.2) is 45.2 Å². The summed E-state index contributed by atoms with van der Waals surface area (Å²) >= 11 is 0. The normalized spacial score (nSPS) is 11.7. The predicted molar refractivity (Wildman–Crippen MR) is 114 cm³/mol. The van der Waals surface area contributed by atoms with Gasteiger partial charge in [0.25, 0.3) is 5.91 Å². The molecule has 6 nitrogen and oxygen atoms in total. The van der Waals surface area contributed by atoms with Gasteiger partial charge in [0.05, 0.1) is 12.1 Å². The van der Waals surface area contributed by atoms with Crippen LogP contribution in [0.2, 0.25) is 0 Å². The average Bonchev–Trinajstić information content (AvgIpc) is 2.76. The van der Waals surface area contributed by atoms with E-state index >= 15 is 0 Å². The first-order valence-corrected chi connectivity index (χ1v) is 9.97. The molecule has 0 heterocycles. The molecular weight excluding hydrogens is 409 g/mol. The van der Waals surface area contributed by atoms with E-state index in [4.69, 9.17) is 4.74 Å². The number of para-hydroxylation sites is 1. The summed E-state index contributed by atoms with van der Waals surface area (Å²) < 4.78 is 44.3. The van der Waals surface area contributed by atoms with Gasteiger partial charge in [-0.05, 0) is 43.2 Å². The highest BCUT2D eigenvalue weighted by Gasteiger charge is 2.33. The molecule has 0 saturated heterocycles. The van der Waals surface area contributed by atoms with E-state index in [-0.39, 0.29) is 24.8 Å². The number of carbonyl (C=O) groups excluding carboxylic acids is 1. The molecule has 2 rings (SSSR count). The number of hydrogen-bond donors (Lipinski definition) is 3. The van der Waals surface area contributed by atoms with Gasteiger partial charge in [-0.15, -0.1) is 0 Å². The molecule has 1 amide bonds. The van der Waals surface area contributed by atoms with E-state index in [1.807, 2.05) is 25.1 Å². The van der Waals surface area contributed by atoms with Gasteiger partial charge in [-0.1, -0.05) is 24.3 Å². The molecular formula is C22H27F3N4O2. The zero-order valence-corrected chi connectivity index (χ0v) is 17.6. The fourth-order valence-electron chi connectivity index (χ4n) is 2.81. The number of nitrogens with one attached hydrogen (secondary N) is 3. The predicted octanol–water partition coefficient (Wildman–Crippen LogP) is 3.24. The minimum atomic E-state index is -4.46. The maximum atomic E-state index is 13.0. The smallest absolute Gasteiger partial charge is 0.419 e. The highest BCUT2D eigenvalue weighted by molar-refractivity contribution is 5.94. The van der Waals surface area contributed by atoms with Crippen LogP contribution in [0.4, 0.5) is 13.2 Å². The number of aliphatic imine (C=N–C) groups is 1. The molecule has 3 N–H and O–H groups in total. The maximum absolute atomic E-state index is 13.0. The Bertz CT molecular complexity index is 885. The lowest BCUT2D eigenvalue weighted by Crippen LogP contribution is -2.39. The lowest BCUT2D eigenvalue weighted by molar-refractivity contribution is -0.138. The summed E-state index contributed by atoms with van der Waals surface area (Å²) in [5, 5.41) is 8.71. The fourth-order valence-corrected chi connectivity index (χ4v) is 2.81. The first-order valence-electron chi connectivity index (χ1n) is 9.97. The molecule has 0 fully saturated rings. The molecule has 9 heteroatoms. The third kappa shape index (κ3) is 7.84. The van der Waals surface area contributed by atoms with Crippen LogP contribution >= 0.6 is 0 Å². The molecule has 0 bridgehead atoms. The van der Waals surface area contributed by atoms with E-state index in [1.54, 1.807) is 13.1 Å². The van der Waals surface area contributed by atoms with Gasteiger partial charge in [-0.3, -0.25) is 9.79 Å². The largest absolute Gasteiger partial charge is 0.491 e. The van der Waals surface area contributed by atoms with E-state index in [1.165, 1.54) is 18.2 Å². The molecule has 0 aliphatic rings. The quantitative estimate of drug-likeness (QED) is 0.321. The van der Waals surface area contributed by atoms with Crippen molar-refractivity contribution in [1.29, 1.82) is 0 Å². The Balaban J connectivity index is 1.87. The number of guanidine groups is 1. The van der Waals surface area contributed by atoms with Gasteiger partial charge in [-0.25, -0.2) is 0 Å². The van der Waals surface area contributed by atoms with E-state index in [2.05, 4.69) is 20.9 Å². The van der Waals surface area contributed by atoms with Crippen LogP contribution in [0.3, 0.4) is 0 Å². The van der Waals surface area contributed by atoms with Crippen molar-refractivity contribution in [2.24, 2.45) is 4.99 Å². The number of rotatable bonds is 9. The molecule has 2 aromatic carbocycles. The standard InChI is InChI=1S/C22H27F3N4O2/c1-3-27-21(28-12-11-16-7-6-8-17(15-16)20(30)26-2)29-13-14-31-19-10-5-4-9-18(19)22(23,24)25/h4-10,15H,3,11-14H2,1-2H3,(H,26,30)(H2,27,28,29). The second kappa shape index (κ2) is 11.8. The van der Waals surface area contributed by atoms with Crippen LogP contribution in [-0.2, 0) is 12.6 Å². The third-order valence-corrected chi connectivity index (χ3v) is 4.28. The summed E-state index contributed by atoms with van der Waals surface area (Å²) in [6.07, 6.45) is -3.83. The van der Waals surface area contributed by atoms with E-state index < -0.39 is 11.7 Å². The molecule has 2 aromatic rings. The van der Waals surface area contributed by atoms with Gasteiger partial charge in [0.1, 0.15) is 12.4 Å². The van der Waals surface area contributed by atoms with Crippen LogP contribution in [0.1, 0.15) is 28.4 Å². The van der Waals surface area contributed by atoms with Crippen molar-refractivity contribution in [1.82, 2.24) is 16.0 Å². The molecule has 0 spiro atoms. The molecule has 31 heavy (non-hydrogen) atoms. The highest BCUT2D eigenvalue weighted by atomic mass is 19.4. The number of hydrogen-bond acceptors (Lipinski definition) is 3. The number of nitrogens with zero attached hydrogens (tertiary/aromatic N) is 1. The number of ether oxygens (including phenoxy) is 1. The second-order valence-electron chi connectivity index (χ2n) is 6.56. The highest BCUT2D eigenvalue weighted by Crippen LogP contribution is 2.35. The molecule has 168 valence electrons. The van der Waals surface area contributed by atoms with Crippen LogP contribution in [0.15, 0.2) is 53.5 Å². The van der Waals surface area contributed by atoms with E-state index in [0.29, 0.717) is 31.0 Å². The molecule has 0 atom stereocenters. The first-order chi connectivity index (χ1) is 14.8. The molecule has 0 aliphatic carbocycles.